The highest BCUT2D eigenvalue weighted by Crippen LogP contribution is 2.28. The fraction of sp³-hybridized carbons (Fsp3) is 0.500. The van der Waals surface area contributed by atoms with Gasteiger partial charge in [-0.3, -0.25) is 4.31 Å². The van der Waals surface area contributed by atoms with Crippen molar-refractivity contribution < 1.29 is 13.6 Å². The van der Waals surface area contributed by atoms with E-state index in [0.29, 0.717) is 36.3 Å². The van der Waals surface area contributed by atoms with E-state index in [9.17, 15) is 8.42 Å². The molecule has 0 bridgehead atoms. The van der Waals surface area contributed by atoms with Crippen LogP contribution in [0.15, 0.2) is 29.4 Å². The monoisotopic (exact) mass is 311 g/mol. The molecule has 1 heterocycles. The molecule has 6 nitrogen and oxygen atoms in total. The predicted molar refractivity (Wildman–Crippen MR) is 83.2 cm³/mol. The fourth-order valence-corrected chi connectivity index (χ4v) is 4.05. The Hall–Kier alpha value is -1.60. The molecule has 1 aliphatic rings. The Balaban J connectivity index is 2.50. The molecule has 1 aromatic rings. The molecule has 0 saturated heterocycles. The van der Waals surface area contributed by atoms with Crippen molar-refractivity contribution in [3.8, 4) is 0 Å². The zero-order valence-electron chi connectivity index (χ0n) is 12.5. The molecule has 1 aromatic carbocycles. The molecular weight excluding hydrogens is 290 g/mol. The maximum atomic E-state index is 12.6. The van der Waals surface area contributed by atoms with Gasteiger partial charge in [0.15, 0.2) is 0 Å². The van der Waals surface area contributed by atoms with E-state index < -0.39 is 15.7 Å². The minimum Gasteiger partial charge on any atom is -0.411 e. The molecule has 0 atom stereocenters. The van der Waals surface area contributed by atoms with Gasteiger partial charge in [0.1, 0.15) is 0 Å². The molecule has 1 aliphatic heterocycles. The van der Waals surface area contributed by atoms with Gasteiger partial charge < -0.3 is 5.21 Å². The lowest BCUT2D eigenvalue weighted by molar-refractivity contribution is 0.318. The van der Waals surface area contributed by atoms with E-state index in [4.69, 9.17) is 5.21 Å². The lowest BCUT2D eigenvalue weighted by atomic mass is 10.1. The number of nitrogens with one attached hydrogen (secondary N) is 1. The van der Waals surface area contributed by atoms with Crippen molar-refractivity contribution in [3.63, 3.8) is 0 Å². The Morgan fingerprint density at radius 1 is 1.29 bits per heavy atom. The molecule has 0 spiro atoms. The third-order valence-corrected chi connectivity index (χ3v) is 4.93. The van der Waals surface area contributed by atoms with Crippen molar-refractivity contribution in [2.24, 2.45) is 5.16 Å². The first kappa shape index (κ1) is 15.8. The average Bonchev–Trinajstić information content (AvgIpc) is 2.55. The van der Waals surface area contributed by atoms with Crippen molar-refractivity contribution in [1.82, 2.24) is 4.72 Å². The normalized spacial score (nSPS) is 18.4. The molecule has 0 aromatic heterocycles. The van der Waals surface area contributed by atoms with Gasteiger partial charge in [-0.1, -0.05) is 23.4 Å². The van der Waals surface area contributed by atoms with E-state index in [1.807, 2.05) is 0 Å². The minimum absolute atomic E-state index is 0.349. The van der Waals surface area contributed by atoms with Crippen molar-refractivity contribution in [3.05, 3.63) is 29.8 Å². The number of hydrogen-bond acceptors (Lipinski definition) is 4. The molecule has 21 heavy (non-hydrogen) atoms. The first-order valence-corrected chi connectivity index (χ1v) is 8.30. The van der Waals surface area contributed by atoms with E-state index in [1.54, 1.807) is 45.0 Å². The second kappa shape index (κ2) is 5.65. The number of fused-ring (bicyclic) bond motifs is 1. The summed E-state index contributed by atoms with van der Waals surface area (Å²) in [7, 11) is -3.66. The number of rotatable bonds is 2. The van der Waals surface area contributed by atoms with E-state index in [-0.39, 0.29) is 0 Å². The lowest BCUT2D eigenvalue weighted by Crippen LogP contribution is -2.49. The topological polar surface area (TPSA) is 82.0 Å². The number of para-hydroxylation sites is 1. The maximum Gasteiger partial charge on any atom is 0.302 e. The molecule has 0 radical (unpaired) electrons. The second-order valence-corrected chi connectivity index (χ2v) is 7.69. The summed E-state index contributed by atoms with van der Waals surface area (Å²) in [4.78, 5) is 0. The van der Waals surface area contributed by atoms with E-state index in [2.05, 4.69) is 9.88 Å². The molecule has 0 amide bonds. The standard InChI is InChI=1S/C14H21N3O3S/c1-14(2,3)16-21(19,20)17-10-6-8-12(15-18)11-7-4-5-9-13(11)17/h4-5,7,9,16,18H,6,8,10H2,1-3H3/b15-12-. The van der Waals surface area contributed by atoms with Crippen molar-refractivity contribution in [2.75, 3.05) is 10.8 Å². The molecule has 0 saturated carbocycles. The lowest BCUT2D eigenvalue weighted by Gasteiger charge is -2.29. The first-order valence-electron chi connectivity index (χ1n) is 6.86. The quantitative estimate of drug-likeness (QED) is 0.648. The Morgan fingerprint density at radius 2 is 1.95 bits per heavy atom. The van der Waals surface area contributed by atoms with Crippen LogP contribution in [0.25, 0.3) is 0 Å². The Morgan fingerprint density at radius 3 is 2.57 bits per heavy atom. The fourth-order valence-electron chi connectivity index (χ4n) is 2.38. The first-order chi connectivity index (χ1) is 9.74. The number of hydrogen-bond donors (Lipinski definition) is 2. The highest BCUT2D eigenvalue weighted by Gasteiger charge is 2.31. The van der Waals surface area contributed by atoms with Crippen LogP contribution in [0.3, 0.4) is 0 Å². The van der Waals surface area contributed by atoms with Crippen LogP contribution in [-0.4, -0.2) is 31.4 Å². The molecule has 7 heteroatoms. The van der Waals surface area contributed by atoms with Gasteiger partial charge >= 0.3 is 10.2 Å². The summed E-state index contributed by atoms with van der Waals surface area (Å²) < 4.78 is 29.3. The van der Waals surface area contributed by atoms with Gasteiger partial charge in [0.2, 0.25) is 0 Å². The number of oxime groups is 1. The third-order valence-electron chi connectivity index (χ3n) is 3.10. The third kappa shape index (κ3) is 3.54. The van der Waals surface area contributed by atoms with Crippen LogP contribution in [0, 0.1) is 0 Å². The zero-order chi connectivity index (χ0) is 15.7. The largest absolute Gasteiger partial charge is 0.411 e. The average molecular weight is 311 g/mol. The van der Waals surface area contributed by atoms with Crippen molar-refractivity contribution >= 4 is 21.6 Å². The highest BCUT2D eigenvalue weighted by atomic mass is 32.2. The van der Waals surface area contributed by atoms with E-state index >= 15 is 0 Å². The van der Waals surface area contributed by atoms with Crippen LogP contribution in [0.5, 0.6) is 0 Å². The molecular formula is C14H21N3O3S. The maximum absolute atomic E-state index is 12.6. The predicted octanol–water partition coefficient (Wildman–Crippen LogP) is 2.10. The van der Waals surface area contributed by atoms with Crippen molar-refractivity contribution in [1.29, 1.82) is 0 Å². The highest BCUT2D eigenvalue weighted by molar-refractivity contribution is 7.90. The second-order valence-electron chi connectivity index (χ2n) is 6.10. The number of benzene rings is 1. The molecule has 0 unspecified atom stereocenters. The summed E-state index contributed by atoms with van der Waals surface area (Å²) >= 11 is 0. The summed E-state index contributed by atoms with van der Waals surface area (Å²) in [5.41, 5.74) is 1.14. The number of anilines is 1. The molecule has 116 valence electrons. The van der Waals surface area contributed by atoms with Crippen LogP contribution < -0.4 is 9.03 Å². The van der Waals surface area contributed by atoms with E-state index in [1.165, 1.54) is 4.31 Å². The summed E-state index contributed by atoms with van der Waals surface area (Å²) in [5.74, 6) is 0. The smallest absolute Gasteiger partial charge is 0.302 e. The van der Waals surface area contributed by atoms with E-state index in [0.717, 1.165) is 0 Å². The van der Waals surface area contributed by atoms with Gasteiger partial charge in [-0.2, -0.15) is 13.1 Å². The van der Waals surface area contributed by atoms with Crippen LogP contribution in [0.2, 0.25) is 0 Å². The SMILES string of the molecule is CC(C)(C)NS(=O)(=O)N1CCC/C(=N/O)c2ccccc21. The molecule has 0 fully saturated rings. The summed E-state index contributed by atoms with van der Waals surface area (Å²) in [5, 5.41) is 12.5. The molecule has 0 aliphatic carbocycles. The Kier molecular flexibility index (Phi) is 4.25. The molecule has 2 N–H and O–H groups in total. The van der Waals surface area contributed by atoms with Gasteiger partial charge in [0.25, 0.3) is 0 Å². The van der Waals surface area contributed by atoms with Gasteiger partial charge in [0.05, 0.1) is 11.4 Å². The Bertz CT molecular complexity index is 648. The minimum atomic E-state index is -3.66. The zero-order valence-corrected chi connectivity index (χ0v) is 13.3. The summed E-state index contributed by atoms with van der Waals surface area (Å²) in [6, 6.07) is 7.08. The summed E-state index contributed by atoms with van der Waals surface area (Å²) in [6.45, 7) is 5.75. The summed E-state index contributed by atoms with van der Waals surface area (Å²) in [6.07, 6.45) is 1.13. The van der Waals surface area contributed by atoms with Crippen LogP contribution in [-0.2, 0) is 10.2 Å². The van der Waals surface area contributed by atoms with Crippen LogP contribution in [0.4, 0.5) is 5.69 Å². The van der Waals surface area contributed by atoms with Crippen molar-refractivity contribution in [2.45, 2.75) is 39.2 Å². The molecule has 2 rings (SSSR count). The van der Waals surface area contributed by atoms with Gasteiger partial charge in [-0.05, 0) is 39.7 Å². The number of nitrogens with zero attached hydrogens (tertiary/aromatic N) is 2. The van der Waals surface area contributed by atoms with Crippen LogP contribution in [0.1, 0.15) is 39.2 Å². The van der Waals surface area contributed by atoms with Gasteiger partial charge in [0, 0.05) is 17.6 Å². The van der Waals surface area contributed by atoms with Crippen LogP contribution >= 0.6 is 0 Å². The van der Waals surface area contributed by atoms with Gasteiger partial charge in [-0.25, -0.2) is 0 Å². The van der Waals surface area contributed by atoms with Gasteiger partial charge in [-0.15, -0.1) is 0 Å². The Labute approximate surface area is 125 Å².